The van der Waals surface area contributed by atoms with Gasteiger partial charge in [-0.3, -0.25) is 0 Å². The Morgan fingerprint density at radius 1 is 2.00 bits per heavy atom. The van der Waals surface area contributed by atoms with Crippen molar-refractivity contribution >= 4 is 0 Å². The van der Waals surface area contributed by atoms with Gasteiger partial charge in [0.15, 0.2) is 0 Å². The zero-order valence-corrected chi connectivity index (χ0v) is 3.93. The molecule has 38 valence electrons. The first-order valence-corrected chi connectivity index (χ1v) is 1.92. The van der Waals surface area contributed by atoms with Crippen molar-refractivity contribution in [1.82, 2.24) is 9.67 Å². The first kappa shape index (κ1) is 4.11. The Hall–Kier alpha value is -1.06. The van der Waals surface area contributed by atoms with Crippen LogP contribution in [-0.2, 0) is 7.05 Å². The summed E-state index contributed by atoms with van der Waals surface area (Å²) in [5.41, 5.74) is -0.125. The van der Waals surface area contributed by atoms with Crippen LogP contribution >= 0.6 is 0 Å². The Balaban J connectivity index is 3.39. The number of aromatic nitrogens is 3. The normalized spacial score (nSPS) is 9.29. The third kappa shape index (κ3) is 0.534. The molecule has 1 rings (SSSR count). The van der Waals surface area contributed by atoms with Crippen molar-refractivity contribution in [1.29, 1.82) is 0 Å². The summed E-state index contributed by atoms with van der Waals surface area (Å²) in [4.78, 5) is 10.3. The van der Waals surface area contributed by atoms with Crippen molar-refractivity contribution in [3.8, 4) is 0 Å². The van der Waals surface area contributed by atoms with Crippen molar-refractivity contribution in [3.63, 3.8) is 0 Å². The predicted molar refractivity (Wildman–Crippen MR) is 22.6 cm³/mol. The second-order valence-corrected chi connectivity index (χ2v) is 1.31. The number of H-pyrrole nitrogens is 2. The lowest BCUT2D eigenvalue weighted by Gasteiger charge is -1.64. The zero-order valence-electron chi connectivity index (χ0n) is 3.93. The monoisotopic (exact) mass is 100 g/mol. The minimum absolute atomic E-state index is 0.125. The molecule has 7 heavy (non-hydrogen) atoms. The summed E-state index contributed by atoms with van der Waals surface area (Å²) in [5, 5.41) is 4.87. The zero-order chi connectivity index (χ0) is 5.28. The lowest BCUT2D eigenvalue weighted by Crippen LogP contribution is -2.13. The molecule has 0 saturated carbocycles. The molecular formula is C3H6N3O+. The number of nitrogens with one attached hydrogen (secondary N) is 2. The SMILES string of the molecule is Cn1c[nH+][nH]c1=O. The van der Waals surface area contributed by atoms with E-state index in [1.165, 1.54) is 4.57 Å². The molecule has 0 amide bonds. The van der Waals surface area contributed by atoms with E-state index in [4.69, 9.17) is 0 Å². The number of aryl methyl sites for hydroxylation is 1. The molecule has 1 aromatic rings. The van der Waals surface area contributed by atoms with E-state index in [-0.39, 0.29) is 5.69 Å². The summed E-state index contributed by atoms with van der Waals surface area (Å²) in [6.45, 7) is 0. The lowest BCUT2D eigenvalue weighted by atomic mass is 11.1. The van der Waals surface area contributed by atoms with Gasteiger partial charge in [-0.15, -0.1) is 0 Å². The Bertz CT molecular complexity index is 198. The van der Waals surface area contributed by atoms with Gasteiger partial charge < -0.3 is 0 Å². The molecule has 0 unspecified atom stereocenters. The molecule has 2 N–H and O–H groups in total. The molecule has 1 heterocycles. The Morgan fingerprint density at radius 2 is 2.71 bits per heavy atom. The number of aromatic amines is 2. The van der Waals surface area contributed by atoms with Crippen LogP contribution in [0.1, 0.15) is 0 Å². The second-order valence-electron chi connectivity index (χ2n) is 1.31. The molecule has 0 bridgehead atoms. The quantitative estimate of drug-likeness (QED) is 0.425. The van der Waals surface area contributed by atoms with Gasteiger partial charge in [0.05, 0.1) is 7.05 Å². The molecule has 0 spiro atoms. The van der Waals surface area contributed by atoms with Crippen LogP contribution in [0.15, 0.2) is 11.1 Å². The maximum atomic E-state index is 10.3. The highest BCUT2D eigenvalue weighted by atomic mass is 16.1. The summed E-state index contributed by atoms with van der Waals surface area (Å²) in [5.74, 6) is 0. The second kappa shape index (κ2) is 1.22. The van der Waals surface area contributed by atoms with Crippen LogP contribution in [0.5, 0.6) is 0 Å². The molecule has 0 saturated heterocycles. The first-order valence-electron chi connectivity index (χ1n) is 1.92. The van der Waals surface area contributed by atoms with Gasteiger partial charge in [0.1, 0.15) is 0 Å². The third-order valence-electron chi connectivity index (χ3n) is 0.758. The van der Waals surface area contributed by atoms with Gasteiger partial charge in [0.25, 0.3) is 6.33 Å². The van der Waals surface area contributed by atoms with E-state index in [0.29, 0.717) is 0 Å². The van der Waals surface area contributed by atoms with Gasteiger partial charge in [0.2, 0.25) is 0 Å². The first-order chi connectivity index (χ1) is 3.30. The van der Waals surface area contributed by atoms with Crippen LogP contribution in [0.25, 0.3) is 0 Å². The van der Waals surface area contributed by atoms with Crippen molar-refractivity contribution in [3.05, 3.63) is 16.8 Å². The topological polar surface area (TPSA) is 51.9 Å². The van der Waals surface area contributed by atoms with Crippen LogP contribution in [0, 0.1) is 0 Å². The highest BCUT2D eigenvalue weighted by Crippen LogP contribution is 1.50. The van der Waals surface area contributed by atoms with Crippen LogP contribution < -0.4 is 10.8 Å². The summed E-state index contributed by atoms with van der Waals surface area (Å²) in [6.07, 6.45) is 1.54. The van der Waals surface area contributed by atoms with Crippen LogP contribution in [0.3, 0.4) is 0 Å². The van der Waals surface area contributed by atoms with E-state index in [0.717, 1.165) is 0 Å². The van der Waals surface area contributed by atoms with Gasteiger partial charge >= 0.3 is 5.69 Å². The maximum Gasteiger partial charge on any atom is 0.443 e. The predicted octanol–water partition coefficient (Wildman–Crippen LogP) is -1.47. The van der Waals surface area contributed by atoms with E-state index >= 15 is 0 Å². The number of hydrogen-bond donors (Lipinski definition) is 1. The van der Waals surface area contributed by atoms with Gasteiger partial charge in [-0.2, -0.15) is 14.8 Å². The van der Waals surface area contributed by atoms with Crippen molar-refractivity contribution in [2.75, 3.05) is 0 Å². The van der Waals surface area contributed by atoms with E-state index in [1.807, 2.05) is 0 Å². The molecular weight excluding hydrogens is 94.1 g/mol. The van der Waals surface area contributed by atoms with Crippen LogP contribution in [0.4, 0.5) is 0 Å². The molecule has 0 aromatic carbocycles. The fourth-order valence-electron chi connectivity index (χ4n) is 0.338. The number of rotatable bonds is 0. The van der Waals surface area contributed by atoms with Gasteiger partial charge in [-0.1, -0.05) is 0 Å². The summed E-state index contributed by atoms with van der Waals surface area (Å²) in [6, 6.07) is 0. The average Bonchev–Trinajstić information content (AvgIpc) is 1.91. The van der Waals surface area contributed by atoms with Crippen molar-refractivity contribution in [2.24, 2.45) is 7.05 Å². The molecule has 1 aromatic heterocycles. The maximum absolute atomic E-state index is 10.3. The summed E-state index contributed by atoms with van der Waals surface area (Å²) < 4.78 is 1.42. The highest BCUT2D eigenvalue weighted by Gasteiger charge is 1.91. The van der Waals surface area contributed by atoms with E-state index < -0.39 is 0 Å². The van der Waals surface area contributed by atoms with Crippen LogP contribution in [-0.4, -0.2) is 9.67 Å². The van der Waals surface area contributed by atoms with Crippen molar-refractivity contribution in [2.45, 2.75) is 0 Å². The third-order valence-corrected chi connectivity index (χ3v) is 0.758. The minimum Gasteiger partial charge on any atom is -0.217 e. The van der Waals surface area contributed by atoms with Gasteiger partial charge in [0, 0.05) is 0 Å². The van der Waals surface area contributed by atoms with E-state index in [2.05, 4.69) is 10.2 Å². The summed E-state index contributed by atoms with van der Waals surface area (Å²) >= 11 is 0. The number of hydrogen-bond acceptors (Lipinski definition) is 1. The Morgan fingerprint density at radius 3 is 2.86 bits per heavy atom. The molecule has 0 fully saturated rings. The molecule has 0 aliphatic carbocycles. The summed E-state index contributed by atoms with van der Waals surface area (Å²) in [7, 11) is 1.66. The molecule has 0 radical (unpaired) electrons. The minimum atomic E-state index is -0.125. The number of nitrogens with zero attached hydrogens (tertiary/aromatic N) is 1. The Kier molecular flexibility index (Phi) is 0.714. The molecule has 4 heteroatoms. The van der Waals surface area contributed by atoms with Gasteiger partial charge in [-0.25, -0.2) is 4.79 Å². The highest BCUT2D eigenvalue weighted by molar-refractivity contribution is 4.49. The lowest BCUT2D eigenvalue weighted by molar-refractivity contribution is -0.452. The smallest absolute Gasteiger partial charge is 0.217 e. The fourth-order valence-corrected chi connectivity index (χ4v) is 0.338. The van der Waals surface area contributed by atoms with Gasteiger partial charge in [-0.05, 0) is 0 Å². The van der Waals surface area contributed by atoms with Crippen LogP contribution in [0.2, 0.25) is 0 Å². The standard InChI is InChI=1S/C3H5N3O/c1-6-2-4-5-3(6)7/h2H,1H3,(H,5,7)/p+1. The fraction of sp³-hybridized carbons (Fsp3) is 0.333. The molecule has 4 nitrogen and oxygen atoms in total. The van der Waals surface area contributed by atoms with E-state index in [1.54, 1.807) is 13.4 Å². The largest absolute Gasteiger partial charge is 0.443 e. The molecule has 0 aliphatic rings. The average molecular weight is 100 g/mol. The Labute approximate surface area is 39.8 Å². The van der Waals surface area contributed by atoms with E-state index in [9.17, 15) is 4.79 Å². The van der Waals surface area contributed by atoms with Crippen molar-refractivity contribution < 1.29 is 5.10 Å². The molecule has 0 aliphatic heterocycles. The molecule has 0 atom stereocenters.